The van der Waals surface area contributed by atoms with Crippen LogP contribution in [0.5, 0.6) is 11.5 Å². The average Bonchev–Trinajstić information content (AvgIpc) is 3.31. The molecule has 1 heterocycles. The zero-order valence-corrected chi connectivity index (χ0v) is 20.6. The Labute approximate surface area is 200 Å². The largest absolute Gasteiger partial charge is 0.496 e. The molecule has 2 atom stereocenters. The zero-order valence-electron chi connectivity index (χ0n) is 19.8. The number of hydrogen-bond donors (Lipinski definition) is 4. The molecule has 1 aromatic heterocycles. The van der Waals surface area contributed by atoms with Crippen LogP contribution in [0.15, 0.2) is 17.3 Å². The first-order valence-corrected chi connectivity index (χ1v) is 11.4. The van der Waals surface area contributed by atoms with Crippen LogP contribution in [0.3, 0.4) is 0 Å². The van der Waals surface area contributed by atoms with Crippen LogP contribution in [-0.2, 0) is 16.0 Å². The molecule has 12 nitrogen and oxygen atoms in total. The summed E-state index contributed by atoms with van der Waals surface area (Å²) in [6.07, 6.45) is 1.94. The standard InChI is InChI=1S/C21H30N6O6S/c1-11-9-16(31-4)12(2)13(3)18(11)33-34(30)27-21(23)24-8-6-7-14(22)17(28)19-25-10-15(26-19)20(29)32-5/h9-10,14H,6-8,22H2,1-5H3,(H,25,26)(H3,23,24,27). The fourth-order valence-electron chi connectivity index (χ4n) is 3.05. The highest BCUT2D eigenvalue weighted by molar-refractivity contribution is 7.79. The van der Waals surface area contributed by atoms with Crippen LogP contribution in [0.4, 0.5) is 0 Å². The van der Waals surface area contributed by atoms with Crippen molar-refractivity contribution in [3.63, 3.8) is 0 Å². The summed E-state index contributed by atoms with van der Waals surface area (Å²) in [5, 5.41) is 0. The third-order valence-electron chi connectivity index (χ3n) is 5.05. The van der Waals surface area contributed by atoms with Crippen molar-refractivity contribution in [1.29, 1.82) is 0 Å². The van der Waals surface area contributed by atoms with E-state index in [1.165, 1.54) is 13.3 Å². The monoisotopic (exact) mass is 494 g/mol. The number of nitrogens with two attached hydrogens (primary N) is 2. The van der Waals surface area contributed by atoms with Crippen LogP contribution in [0.25, 0.3) is 0 Å². The highest BCUT2D eigenvalue weighted by atomic mass is 32.2. The quantitative estimate of drug-likeness (QED) is 0.116. The van der Waals surface area contributed by atoms with E-state index in [9.17, 15) is 13.8 Å². The van der Waals surface area contributed by atoms with Crippen LogP contribution in [0.2, 0.25) is 0 Å². The number of Topliss-reactive ketones (excluding diaryl/α,β-unsaturated/α-hetero) is 1. The molecule has 1 aromatic carbocycles. The summed E-state index contributed by atoms with van der Waals surface area (Å²) < 4.78 is 30.2. The number of ether oxygens (including phenoxy) is 2. The number of aliphatic imine (C=N–C) groups is 1. The molecule has 0 radical (unpaired) electrons. The van der Waals surface area contributed by atoms with E-state index in [0.29, 0.717) is 18.6 Å². The average molecular weight is 495 g/mol. The van der Waals surface area contributed by atoms with Gasteiger partial charge in [-0.05, 0) is 56.4 Å². The van der Waals surface area contributed by atoms with Gasteiger partial charge >= 0.3 is 17.2 Å². The Kier molecular flexibility index (Phi) is 9.57. The lowest BCUT2D eigenvalue weighted by Gasteiger charge is -2.15. The van der Waals surface area contributed by atoms with Gasteiger partial charge < -0.3 is 30.1 Å². The van der Waals surface area contributed by atoms with Crippen molar-refractivity contribution >= 4 is 29.0 Å². The van der Waals surface area contributed by atoms with Crippen molar-refractivity contribution in [3.05, 3.63) is 40.5 Å². The number of rotatable bonds is 11. The number of hydrogen-bond acceptors (Lipinski definition) is 9. The maximum atomic E-state index is 12.3. The number of esters is 1. The first-order valence-electron chi connectivity index (χ1n) is 10.3. The predicted molar refractivity (Wildman–Crippen MR) is 127 cm³/mol. The first-order chi connectivity index (χ1) is 16.1. The Hall–Kier alpha value is -3.45. The summed E-state index contributed by atoms with van der Waals surface area (Å²) in [4.78, 5) is 34.3. The minimum atomic E-state index is -1.96. The molecule has 186 valence electrons. The Balaban J connectivity index is 1.84. The molecule has 13 heteroatoms. The van der Waals surface area contributed by atoms with Crippen LogP contribution >= 0.6 is 0 Å². The molecule has 0 amide bonds. The van der Waals surface area contributed by atoms with E-state index in [4.69, 9.17) is 20.4 Å². The molecule has 2 unspecified atom stereocenters. The molecular formula is C21H30N6O6S. The van der Waals surface area contributed by atoms with Gasteiger partial charge in [-0.15, -0.1) is 0 Å². The number of aromatic nitrogens is 2. The van der Waals surface area contributed by atoms with E-state index in [-0.39, 0.29) is 24.0 Å². The molecule has 6 N–H and O–H groups in total. The maximum Gasteiger partial charge on any atom is 0.356 e. The molecule has 0 saturated heterocycles. The summed E-state index contributed by atoms with van der Waals surface area (Å²) in [6.45, 7) is 5.79. The van der Waals surface area contributed by atoms with E-state index < -0.39 is 29.1 Å². The molecule has 34 heavy (non-hydrogen) atoms. The summed E-state index contributed by atoms with van der Waals surface area (Å²) in [5.41, 5.74) is 14.2. The van der Waals surface area contributed by atoms with Gasteiger partial charge in [0, 0.05) is 6.54 Å². The van der Waals surface area contributed by atoms with Crippen molar-refractivity contribution in [1.82, 2.24) is 14.7 Å². The number of H-pyrrole nitrogens is 1. The molecular weight excluding hydrogens is 464 g/mol. The SMILES string of the molecule is COC(=O)c1cnc(C(=O)C(N)CCCN=C(N)NS(=O)Oc2c(C)cc(OC)c(C)c2C)[nH]1. The molecule has 0 spiro atoms. The molecule has 0 saturated carbocycles. The van der Waals surface area contributed by atoms with E-state index >= 15 is 0 Å². The predicted octanol–water partition coefficient (Wildman–Crippen LogP) is 0.982. The van der Waals surface area contributed by atoms with Crippen molar-refractivity contribution in [2.75, 3.05) is 20.8 Å². The molecule has 0 aliphatic carbocycles. The van der Waals surface area contributed by atoms with Gasteiger partial charge in [-0.25, -0.2) is 14.5 Å². The number of imidazole rings is 1. The Morgan fingerprint density at radius 3 is 2.62 bits per heavy atom. The van der Waals surface area contributed by atoms with Gasteiger partial charge in [-0.2, -0.15) is 4.21 Å². The molecule has 0 aliphatic heterocycles. The number of nitrogens with one attached hydrogen (secondary N) is 2. The van der Waals surface area contributed by atoms with Gasteiger partial charge in [-0.3, -0.25) is 9.79 Å². The molecule has 0 fully saturated rings. The van der Waals surface area contributed by atoms with Crippen LogP contribution in [-0.4, -0.2) is 58.7 Å². The van der Waals surface area contributed by atoms with Gasteiger partial charge in [0.05, 0.1) is 26.5 Å². The molecule has 0 aliphatic rings. The molecule has 0 bridgehead atoms. The Morgan fingerprint density at radius 1 is 1.26 bits per heavy atom. The van der Waals surface area contributed by atoms with Gasteiger partial charge in [0.25, 0.3) is 0 Å². The Bertz CT molecular complexity index is 1100. The number of benzene rings is 1. The van der Waals surface area contributed by atoms with Crippen molar-refractivity contribution < 1.29 is 27.5 Å². The van der Waals surface area contributed by atoms with Gasteiger partial charge in [0.2, 0.25) is 11.7 Å². The van der Waals surface area contributed by atoms with Gasteiger partial charge in [0.1, 0.15) is 17.2 Å². The lowest BCUT2D eigenvalue weighted by atomic mass is 10.0. The van der Waals surface area contributed by atoms with E-state index in [0.717, 1.165) is 22.4 Å². The number of aromatic amines is 1. The van der Waals surface area contributed by atoms with Crippen LogP contribution < -0.4 is 25.1 Å². The minimum absolute atomic E-state index is 0.0236. The third kappa shape index (κ3) is 6.78. The number of nitrogens with zero attached hydrogens (tertiary/aromatic N) is 2. The third-order valence-corrected chi connectivity index (χ3v) is 5.75. The van der Waals surface area contributed by atoms with Crippen molar-refractivity contribution in [3.8, 4) is 11.5 Å². The number of aryl methyl sites for hydroxylation is 1. The highest BCUT2D eigenvalue weighted by Crippen LogP contribution is 2.33. The van der Waals surface area contributed by atoms with Gasteiger partial charge in [0.15, 0.2) is 5.82 Å². The normalized spacial score (nSPS) is 13.2. The Morgan fingerprint density at radius 2 is 1.97 bits per heavy atom. The fourth-order valence-corrected chi connectivity index (χ4v) is 3.74. The zero-order chi connectivity index (χ0) is 25.4. The van der Waals surface area contributed by atoms with Crippen molar-refractivity contribution in [2.45, 2.75) is 39.7 Å². The highest BCUT2D eigenvalue weighted by Gasteiger charge is 2.20. The summed E-state index contributed by atoms with van der Waals surface area (Å²) in [5.74, 6) is 0.00743. The number of methoxy groups -OCH3 is 2. The number of ketones is 1. The van der Waals surface area contributed by atoms with Crippen molar-refractivity contribution in [2.24, 2.45) is 16.5 Å². The summed E-state index contributed by atoms with van der Waals surface area (Å²) >= 11 is -1.96. The lowest BCUT2D eigenvalue weighted by Crippen LogP contribution is -2.36. The second-order valence-corrected chi connectivity index (χ2v) is 8.25. The van der Waals surface area contributed by atoms with Crippen LogP contribution in [0, 0.1) is 20.8 Å². The number of carbonyl (C=O) groups excluding carboxylic acids is 2. The molecule has 2 aromatic rings. The van der Waals surface area contributed by atoms with E-state index in [2.05, 4.69) is 24.4 Å². The molecule has 2 rings (SSSR count). The number of guanidine groups is 1. The minimum Gasteiger partial charge on any atom is -0.496 e. The maximum absolute atomic E-state index is 12.3. The second kappa shape index (κ2) is 12.1. The second-order valence-electron chi connectivity index (χ2n) is 7.41. The number of carbonyl (C=O) groups is 2. The summed E-state index contributed by atoms with van der Waals surface area (Å²) in [6, 6.07) is 0.957. The fraction of sp³-hybridized carbons (Fsp3) is 0.429. The van der Waals surface area contributed by atoms with Crippen LogP contribution in [0.1, 0.15) is 50.6 Å². The summed E-state index contributed by atoms with van der Waals surface area (Å²) in [7, 11) is 2.81. The topological polar surface area (TPSA) is 184 Å². The first kappa shape index (κ1) is 26.8. The van der Waals surface area contributed by atoms with Gasteiger partial charge in [-0.1, -0.05) is 0 Å². The smallest absolute Gasteiger partial charge is 0.356 e. The van der Waals surface area contributed by atoms with E-state index in [1.54, 1.807) is 13.2 Å². The van der Waals surface area contributed by atoms with E-state index in [1.807, 2.05) is 20.8 Å². The lowest BCUT2D eigenvalue weighted by molar-refractivity contribution is 0.0594.